The summed E-state index contributed by atoms with van der Waals surface area (Å²) >= 11 is 5.34. The number of hydrogen-bond acceptors (Lipinski definition) is 2. The van der Waals surface area contributed by atoms with Gasteiger partial charge in [0.2, 0.25) is 0 Å². The fourth-order valence-electron chi connectivity index (χ4n) is 2.07. The summed E-state index contributed by atoms with van der Waals surface area (Å²) in [6, 6.07) is 2.10. The number of rotatable bonds is 3. The molecule has 16 heavy (non-hydrogen) atoms. The highest BCUT2D eigenvalue weighted by atomic mass is 32.1. The smallest absolute Gasteiger partial charge is 0.179 e. The molecule has 0 atom stereocenters. The normalized spacial score (nSPS) is 15.8. The van der Waals surface area contributed by atoms with Crippen molar-refractivity contribution < 1.29 is 0 Å². The fraction of sp³-hybridized carbons (Fsp3) is 0.500. The van der Waals surface area contributed by atoms with E-state index in [1.54, 1.807) is 0 Å². The number of nitrogens with one attached hydrogen (secondary N) is 1. The Bertz CT molecular complexity index is 577. The zero-order valence-corrected chi connectivity index (χ0v) is 10.2. The summed E-state index contributed by atoms with van der Waals surface area (Å²) in [5.74, 6) is 0.928. The number of imidazole rings is 1. The minimum Gasteiger partial charge on any atom is -0.329 e. The number of H-pyrrole nitrogens is 1. The van der Waals surface area contributed by atoms with Crippen LogP contribution < -0.4 is 0 Å². The zero-order chi connectivity index (χ0) is 11.1. The van der Waals surface area contributed by atoms with Crippen LogP contribution in [0, 0.1) is 17.6 Å². The SMILES string of the molecule is Cc1cnc2c(c1)[nH]c(=S)n2CCC1CC1. The van der Waals surface area contributed by atoms with Gasteiger partial charge in [0.1, 0.15) is 0 Å². The Labute approximate surface area is 99.5 Å². The van der Waals surface area contributed by atoms with E-state index in [0.717, 1.165) is 34.0 Å². The van der Waals surface area contributed by atoms with Crippen molar-refractivity contribution in [1.29, 1.82) is 0 Å². The maximum absolute atomic E-state index is 5.34. The molecule has 1 saturated carbocycles. The number of aromatic amines is 1. The molecular formula is C12H15N3S. The predicted octanol–water partition coefficient (Wildman–Crippen LogP) is 3.20. The minimum atomic E-state index is 0.800. The van der Waals surface area contributed by atoms with Gasteiger partial charge in [-0.25, -0.2) is 4.98 Å². The van der Waals surface area contributed by atoms with Crippen molar-refractivity contribution in [3.8, 4) is 0 Å². The lowest BCUT2D eigenvalue weighted by atomic mass is 10.3. The van der Waals surface area contributed by atoms with E-state index in [2.05, 4.69) is 20.6 Å². The molecule has 0 radical (unpaired) electrons. The molecule has 1 fully saturated rings. The molecule has 0 saturated heterocycles. The summed E-state index contributed by atoms with van der Waals surface area (Å²) in [7, 11) is 0. The second kappa shape index (κ2) is 3.70. The lowest BCUT2D eigenvalue weighted by molar-refractivity contribution is 0.600. The van der Waals surface area contributed by atoms with E-state index in [4.69, 9.17) is 12.2 Å². The molecule has 1 aliphatic carbocycles. The summed E-state index contributed by atoms with van der Waals surface area (Å²) < 4.78 is 2.93. The van der Waals surface area contributed by atoms with Crippen LogP contribution in [0.2, 0.25) is 0 Å². The number of hydrogen-bond donors (Lipinski definition) is 1. The first-order valence-corrected chi connectivity index (χ1v) is 6.20. The van der Waals surface area contributed by atoms with Crippen LogP contribution >= 0.6 is 12.2 Å². The first-order valence-electron chi connectivity index (χ1n) is 5.79. The van der Waals surface area contributed by atoms with Gasteiger partial charge >= 0.3 is 0 Å². The highest BCUT2D eigenvalue weighted by molar-refractivity contribution is 7.71. The van der Waals surface area contributed by atoms with Crippen LogP contribution in [0.4, 0.5) is 0 Å². The Kier molecular flexibility index (Phi) is 2.32. The van der Waals surface area contributed by atoms with E-state index in [1.165, 1.54) is 19.3 Å². The third kappa shape index (κ3) is 1.78. The first kappa shape index (κ1) is 10.0. The molecule has 3 nitrogen and oxygen atoms in total. The Morgan fingerprint density at radius 2 is 2.38 bits per heavy atom. The van der Waals surface area contributed by atoms with Crippen LogP contribution in [0.25, 0.3) is 11.2 Å². The molecule has 1 N–H and O–H groups in total. The van der Waals surface area contributed by atoms with Crippen LogP contribution in [0.15, 0.2) is 12.3 Å². The molecule has 0 aromatic carbocycles. The lowest BCUT2D eigenvalue weighted by Crippen LogP contribution is -2.00. The average Bonchev–Trinajstić information content (AvgIpc) is 3.00. The number of aryl methyl sites for hydroxylation is 2. The Morgan fingerprint density at radius 1 is 1.56 bits per heavy atom. The third-order valence-electron chi connectivity index (χ3n) is 3.20. The Morgan fingerprint density at radius 3 is 3.12 bits per heavy atom. The van der Waals surface area contributed by atoms with Gasteiger partial charge in [-0.15, -0.1) is 0 Å². The van der Waals surface area contributed by atoms with E-state index in [9.17, 15) is 0 Å². The van der Waals surface area contributed by atoms with Gasteiger partial charge in [0.05, 0.1) is 5.52 Å². The molecule has 4 heteroatoms. The monoisotopic (exact) mass is 233 g/mol. The van der Waals surface area contributed by atoms with Gasteiger partial charge in [-0.3, -0.25) is 0 Å². The summed E-state index contributed by atoms with van der Waals surface area (Å²) in [6.07, 6.45) is 5.92. The molecule has 0 spiro atoms. The van der Waals surface area contributed by atoms with Crippen molar-refractivity contribution in [2.45, 2.75) is 32.7 Å². The lowest BCUT2D eigenvalue weighted by Gasteiger charge is -2.02. The van der Waals surface area contributed by atoms with Crippen molar-refractivity contribution in [2.24, 2.45) is 5.92 Å². The maximum atomic E-state index is 5.34. The van der Waals surface area contributed by atoms with Crippen LogP contribution in [0.1, 0.15) is 24.8 Å². The first-order chi connectivity index (χ1) is 7.74. The van der Waals surface area contributed by atoms with Crippen molar-refractivity contribution in [3.05, 3.63) is 22.6 Å². The summed E-state index contributed by atoms with van der Waals surface area (Å²) in [5.41, 5.74) is 3.22. The van der Waals surface area contributed by atoms with E-state index in [0.29, 0.717) is 0 Å². The fourth-order valence-corrected chi connectivity index (χ4v) is 2.36. The van der Waals surface area contributed by atoms with Gasteiger partial charge in [0.25, 0.3) is 0 Å². The topological polar surface area (TPSA) is 33.6 Å². The number of fused-ring (bicyclic) bond motifs is 1. The largest absolute Gasteiger partial charge is 0.329 e. The molecule has 2 aromatic heterocycles. The van der Waals surface area contributed by atoms with Crippen molar-refractivity contribution >= 4 is 23.4 Å². The molecule has 84 valence electrons. The number of nitrogens with zero attached hydrogens (tertiary/aromatic N) is 2. The van der Waals surface area contributed by atoms with Crippen molar-refractivity contribution in [2.75, 3.05) is 0 Å². The highest BCUT2D eigenvalue weighted by Crippen LogP contribution is 2.33. The molecule has 3 rings (SSSR count). The third-order valence-corrected chi connectivity index (χ3v) is 3.53. The van der Waals surface area contributed by atoms with Gasteiger partial charge in [-0.2, -0.15) is 0 Å². The molecular weight excluding hydrogens is 218 g/mol. The minimum absolute atomic E-state index is 0.800. The second-order valence-electron chi connectivity index (χ2n) is 4.70. The van der Waals surface area contributed by atoms with Gasteiger partial charge in [0.15, 0.2) is 10.4 Å². The average molecular weight is 233 g/mol. The molecule has 0 aliphatic heterocycles. The molecule has 2 aromatic rings. The number of aromatic nitrogens is 3. The van der Waals surface area contributed by atoms with Gasteiger partial charge < -0.3 is 9.55 Å². The molecule has 1 aliphatic rings. The van der Waals surface area contributed by atoms with Crippen LogP contribution in [-0.4, -0.2) is 14.5 Å². The van der Waals surface area contributed by atoms with Crippen LogP contribution in [-0.2, 0) is 6.54 Å². The summed E-state index contributed by atoms with van der Waals surface area (Å²) in [5, 5.41) is 0. The molecule has 2 heterocycles. The molecule has 0 unspecified atom stereocenters. The predicted molar refractivity (Wildman–Crippen MR) is 67.0 cm³/mol. The maximum Gasteiger partial charge on any atom is 0.179 e. The summed E-state index contributed by atoms with van der Waals surface area (Å²) in [4.78, 5) is 7.69. The van der Waals surface area contributed by atoms with E-state index in [-0.39, 0.29) is 0 Å². The van der Waals surface area contributed by atoms with Crippen LogP contribution in [0.5, 0.6) is 0 Å². The van der Waals surface area contributed by atoms with E-state index < -0.39 is 0 Å². The zero-order valence-electron chi connectivity index (χ0n) is 9.36. The number of pyridine rings is 1. The molecule has 0 bridgehead atoms. The Balaban J connectivity index is 2.01. The Hall–Kier alpha value is -1.16. The summed E-state index contributed by atoms with van der Waals surface area (Å²) in [6.45, 7) is 3.05. The van der Waals surface area contributed by atoms with Gasteiger partial charge in [-0.05, 0) is 43.1 Å². The molecule has 0 amide bonds. The van der Waals surface area contributed by atoms with Gasteiger partial charge in [-0.1, -0.05) is 12.8 Å². The van der Waals surface area contributed by atoms with Gasteiger partial charge in [0, 0.05) is 12.7 Å². The van der Waals surface area contributed by atoms with Crippen molar-refractivity contribution in [1.82, 2.24) is 14.5 Å². The van der Waals surface area contributed by atoms with E-state index >= 15 is 0 Å². The highest BCUT2D eigenvalue weighted by Gasteiger charge is 2.21. The van der Waals surface area contributed by atoms with Crippen molar-refractivity contribution in [3.63, 3.8) is 0 Å². The standard InChI is InChI=1S/C12H15N3S/c1-8-6-10-11(13-7-8)15(12(16)14-10)5-4-9-2-3-9/h6-7,9H,2-5H2,1H3,(H,14,16). The van der Waals surface area contributed by atoms with E-state index in [1.807, 2.05) is 13.1 Å². The quantitative estimate of drug-likeness (QED) is 0.826. The van der Waals surface area contributed by atoms with Crippen LogP contribution in [0.3, 0.4) is 0 Å². The second-order valence-corrected chi connectivity index (χ2v) is 5.08.